The molecule has 0 radical (unpaired) electrons. The van der Waals surface area contributed by atoms with Crippen molar-refractivity contribution in [3.05, 3.63) is 58.7 Å². The molecular formula is C31H47F2N3O4. The summed E-state index contributed by atoms with van der Waals surface area (Å²) >= 11 is 0. The first kappa shape index (κ1) is 33.6. The Morgan fingerprint density at radius 3 is 2.23 bits per heavy atom. The number of hydrogen-bond acceptors (Lipinski definition) is 5. The SMILES string of the molecule is CCCN(CCC)C(=O)C1=CC(C)=CC(C(N)=O)([C@H](Cc2cc(F)cc(F)c2)[C@@H](O)CN[C@@H](CO)CC(C)C)C1. The highest BCUT2D eigenvalue weighted by atomic mass is 19.1. The van der Waals surface area contributed by atoms with E-state index in [9.17, 15) is 28.6 Å². The van der Waals surface area contributed by atoms with Crippen molar-refractivity contribution in [2.75, 3.05) is 26.2 Å². The summed E-state index contributed by atoms with van der Waals surface area (Å²) in [5.41, 5.74) is 5.88. The summed E-state index contributed by atoms with van der Waals surface area (Å²) in [4.78, 5) is 28.7. The molecule has 0 fully saturated rings. The van der Waals surface area contributed by atoms with Crippen LogP contribution in [0.2, 0.25) is 0 Å². The zero-order chi connectivity index (χ0) is 30.0. The Morgan fingerprint density at radius 2 is 1.73 bits per heavy atom. The minimum Gasteiger partial charge on any atom is -0.395 e. The lowest BCUT2D eigenvalue weighted by molar-refractivity contribution is -0.132. The van der Waals surface area contributed by atoms with Crippen LogP contribution in [0.25, 0.3) is 0 Å². The molecule has 1 aromatic rings. The number of benzene rings is 1. The van der Waals surface area contributed by atoms with Crippen molar-refractivity contribution in [3.63, 3.8) is 0 Å². The van der Waals surface area contributed by atoms with Gasteiger partial charge in [0.1, 0.15) is 11.6 Å². The summed E-state index contributed by atoms with van der Waals surface area (Å²) in [5.74, 6) is -3.09. The van der Waals surface area contributed by atoms with Gasteiger partial charge >= 0.3 is 0 Å². The fourth-order valence-corrected chi connectivity index (χ4v) is 5.78. The Kier molecular flexibility index (Phi) is 12.9. The molecule has 5 N–H and O–H groups in total. The molecule has 1 unspecified atom stereocenters. The van der Waals surface area contributed by atoms with E-state index in [4.69, 9.17) is 5.73 Å². The average Bonchev–Trinajstić information content (AvgIpc) is 2.87. The number of primary amides is 1. The first-order valence-corrected chi connectivity index (χ1v) is 14.3. The highest BCUT2D eigenvalue weighted by molar-refractivity contribution is 5.96. The number of amides is 2. The molecule has 40 heavy (non-hydrogen) atoms. The zero-order valence-corrected chi connectivity index (χ0v) is 24.6. The van der Waals surface area contributed by atoms with Gasteiger partial charge in [-0.05, 0) is 62.6 Å². The second-order valence-electron chi connectivity index (χ2n) is 11.5. The minimum atomic E-state index is -1.50. The number of allylic oxidation sites excluding steroid dienone is 2. The highest BCUT2D eigenvalue weighted by Gasteiger charge is 2.48. The topological polar surface area (TPSA) is 116 Å². The summed E-state index contributed by atoms with van der Waals surface area (Å²) in [6.45, 7) is 10.8. The Morgan fingerprint density at radius 1 is 1.12 bits per heavy atom. The molecule has 0 aromatic heterocycles. The average molecular weight is 564 g/mol. The van der Waals surface area contributed by atoms with E-state index in [0.29, 0.717) is 36.6 Å². The van der Waals surface area contributed by atoms with Crippen LogP contribution in [0.1, 0.15) is 65.9 Å². The van der Waals surface area contributed by atoms with Gasteiger partial charge in [0, 0.05) is 43.2 Å². The summed E-state index contributed by atoms with van der Waals surface area (Å²) in [7, 11) is 0. The summed E-state index contributed by atoms with van der Waals surface area (Å²) < 4.78 is 28.3. The van der Waals surface area contributed by atoms with Crippen LogP contribution >= 0.6 is 0 Å². The molecule has 0 saturated heterocycles. The van der Waals surface area contributed by atoms with Gasteiger partial charge in [-0.15, -0.1) is 0 Å². The van der Waals surface area contributed by atoms with Crippen molar-refractivity contribution in [3.8, 4) is 0 Å². The van der Waals surface area contributed by atoms with E-state index in [2.05, 4.69) is 5.32 Å². The highest BCUT2D eigenvalue weighted by Crippen LogP contribution is 2.44. The van der Waals surface area contributed by atoms with Crippen molar-refractivity contribution in [2.24, 2.45) is 23.0 Å². The molecule has 0 heterocycles. The number of nitrogens with zero attached hydrogens (tertiary/aromatic N) is 1. The quantitative estimate of drug-likeness (QED) is 0.244. The lowest BCUT2D eigenvalue weighted by Gasteiger charge is -2.42. The number of carbonyl (C=O) groups excluding carboxylic acids is 2. The van der Waals surface area contributed by atoms with E-state index in [1.165, 1.54) is 12.1 Å². The lowest BCUT2D eigenvalue weighted by Crippen LogP contribution is -2.52. The maximum Gasteiger partial charge on any atom is 0.249 e. The van der Waals surface area contributed by atoms with E-state index in [1.807, 2.05) is 27.7 Å². The minimum absolute atomic E-state index is 0.00706. The zero-order valence-electron chi connectivity index (χ0n) is 24.6. The smallest absolute Gasteiger partial charge is 0.249 e. The molecule has 7 nitrogen and oxygen atoms in total. The summed E-state index contributed by atoms with van der Waals surface area (Å²) in [6, 6.07) is 2.82. The third-order valence-corrected chi connectivity index (χ3v) is 7.47. The van der Waals surface area contributed by atoms with Gasteiger partial charge < -0.3 is 26.2 Å². The Balaban J connectivity index is 2.54. The van der Waals surface area contributed by atoms with Gasteiger partial charge in [-0.25, -0.2) is 8.78 Å². The molecule has 1 aromatic carbocycles. The molecule has 0 bridgehead atoms. The summed E-state index contributed by atoms with van der Waals surface area (Å²) in [6.07, 6.45) is 4.33. The second-order valence-corrected chi connectivity index (χ2v) is 11.5. The van der Waals surface area contributed by atoms with E-state index in [1.54, 1.807) is 24.0 Å². The van der Waals surface area contributed by atoms with Crippen LogP contribution in [-0.2, 0) is 16.0 Å². The fourth-order valence-electron chi connectivity index (χ4n) is 5.78. The van der Waals surface area contributed by atoms with Gasteiger partial charge in [-0.1, -0.05) is 45.4 Å². The largest absolute Gasteiger partial charge is 0.395 e. The standard InChI is InChI=1S/C31H47F2N3O4/c1-6-8-36(9-7-2)29(39)23-11-21(5)16-31(17-23,30(34)40)27(14-22-12-24(32)15-25(33)13-22)28(38)18-35-26(19-37)10-20(3)4/h11-13,15-16,20,26-28,35,37-38H,6-10,14,17-19H2,1-5H3,(H2,34,40)/t26-,27-,28+,31?/m1/s1. The monoisotopic (exact) mass is 563 g/mol. The van der Waals surface area contributed by atoms with Crippen molar-refractivity contribution in [2.45, 2.75) is 78.9 Å². The van der Waals surface area contributed by atoms with E-state index >= 15 is 0 Å². The Bertz CT molecular complexity index is 1050. The van der Waals surface area contributed by atoms with Crippen LogP contribution in [0.4, 0.5) is 8.78 Å². The molecule has 0 spiro atoms. The molecule has 9 heteroatoms. The van der Waals surface area contributed by atoms with Crippen molar-refractivity contribution in [1.29, 1.82) is 0 Å². The Hall–Kier alpha value is -2.62. The van der Waals surface area contributed by atoms with Gasteiger partial charge in [0.2, 0.25) is 11.8 Å². The van der Waals surface area contributed by atoms with Crippen molar-refractivity contribution in [1.82, 2.24) is 10.2 Å². The van der Waals surface area contributed by atoms with Crippen molar-refractivity contribution >= 4 is 11.8 Å². The van der Waals surface area contributed by atoms with Crippen LogP contribution in [0.5, 0.6) is 0 Å². The molecule has 2 amide bonds. The predicted octanol–water partition coefficient (Wildman–Crippen LogP) is 3.88. The second kappa shape index (κ2) is 15.4. The molecule has 4 atom stereocenters. The molecule has 0 saturated carbocycles. The van der Waals surface area contributed by atoms with E-state index in [0.717, 1.165) is 18.9 Å². The number of rotatable bonds is 16. The van der Waals surface area contributed by atoms with Crippen LogP contribution in [0.15, 0.2) is 41.5 Å². The molecule has 1 aliphatic rings. The van der Waals surface area contributed by atoms with Gasteiger partial charge in [0.15, 0.2) is 0 Å². The molecule has 0 aliphatic heterocycles. The normalized spacial score (nSPS) is 19.6. The van der Waals surface area contributed by atoms with Gasteiger partial charge in [-0.2, -0.15) is 0 Å². The first-order chi connectivity index (χ1) is 18.9. The number of nitrogens with two attached hydrogens (primary N) is 1. The van der Waals surface area contributed by atoms with E-state index in [-0.39, 0.29) is 43.5 Å². The van der Waals surface area contributed by atoms with Crippen LogP contribution < -0.4 is 11.1 Å². The van der Waals surface area contributed by atoms with E-state index < -0.39 is 35.0 Å². The van der Waals surface area contributed by atoms with Gasteiger partial charge in [0.05, 0.1) is 18.1 Å². The van der Waals surface area contributed by atoms with Crippen molar-refractivity contribution < 1.29 is 28.6 Å². The molecule has 1 aliphatic carbocycles. The maximum atomic E-state index is 14.2. The predicted molar refractivity (Wildman–Crippen MR) is 153 cm³/mol. The number of nitrogens with one attached hydrogen (secondary N) is 1. The van der Waals surface area contributed by atoms with Crippen LogP contribution in [0, 0.1) is 28.9 Å². The maximum absolute atomic E-state index is 14.2. The third kappa shape index (κ3) is 8.94. The van der Waals surface area contributed by atoms with Crippen LogP contribution in [0.3, 0.4) is 0 Å². The fraction of sp³-hybridized carbons (Fsp3) is 0.613. The van der Waals surface area contributed by atoms with Gasteiger partial charge in [-0.3, -0.25) is 9.59 Å². The molecule has 224 valence electrons. The number of halogens is 2. The van der Waals surface area contributed by atoms with Crippen LogP contribution in [-0.4, -0.2) is 65.3 Å². The molecular weight excluding hydrogens is 516 g/mol. The first-order valence-electron chi connectivity index (χ1n) is 14.3. The van der Waals surface area contributed by atoms with Gasteiger partial charge in [0.25, 0.3) is 0 Å². The molecule has 2 rings (SSSR count). The number of hydrogen-bond donors (Lipinski definition) is 4. The Labute approximate surface area is 237 Å². The lowest BCUT2D eigenvalue weighted by atomic mass is 9.63. The number of aliphatic hydroxyl groups excluding tert-OH is 2. The number of carbonyl (C=O) groups is 2. The third-order valence-electron chi connectivity index (χ3n) is 7.47. The summed E-state index contributed by atoms with van der Waals surface area (Å²) in [5, 5.41) is 24.5. The number of aliphatic hydroxyl groups is 2.